The predicted octanol–water partition coefficient (Wildman–Crippen LogP) is 7.63. The maximum Gasteiger partial charge on any atom is 0.228 e. The topological polar surface area (TPSA) is 9.23 Å². The first-order valence-electron chi connectivity index (χ1n) is 10.4. The molecule has 1 nitrogen and oxygen atoms in total. The molecule has 0 aliphatic heterocycles. The van der Waals surface area contributed by atoms with Crippen LogP contribution in [-0.4, -0.2) is 6.86 Å². The Morgan fingerprint density at radius 2 is 1.61 bits per heavy atom. The van der Waals surface area contributed by atoms with Crippen LogP contribution in [0.4, 0.5) is 17.6 Å². The highest BCUT2D eigenvalue weighted by atomic mass is 19.2. The van der Waals surface area contributed by atoms with Gasteiger partial charge in [0.25, 0.3) is 0 Å². The average Bonchev–Trinajstić information content (AvgIpc) is 2.71. The summed E-state index contributed by atoms with van der Waals surface area (Å²) in [5.41, 5.74) is 0.110. The molecule has 0 saturated heterocycles. The largest absolute Gasteiger partial charge is 0.468 e. The minimum atomic E-state index is -1.40. The summed E-state index contributed by atoms with van der Waals surface area (Å²) < 4.78 is 53.7. The molecule has 1 aromatic carbocycles. The van der Waals surface area contributed by atoms with E-state index in [1.54, 1.807) is 0 Å². The molecule has 1 saturated carbocycles. The molecule has 1 unspecified atom stereocenters. The molecule has 0 heterocycles. The lowest BCUT2D eigenvalue weighted by Crippen LogP contribution is -2.14. The number of hydrogen-bond donors (Lipinski definition) is 0. The summed E-state index contributed by atoms with van der Waals surface area (Å²) in [6.45, 7) is 3.09. The van der Waals surface area contributed by atoms with Gasteiger partial charge in [-0.15, -0.1) is 0 Å². The summed E-state index contributed by atoms with van der Waals surface area (Å²) in [6, 6.07) is 2.08. The lowest BCUT2D eigenvalue weighted by Gasteiger charge is -2.28. The SMILES string of the molecule is CC1CCC(CCC2CC=C(OCF)CC2)CC1.Cc1ccc(F)c(F)c1F. The quantitative estimate of drug-likeness (QED) is 0.365. The van der Waals surface area contributed by atoms with Crippen LogP contribution in [0.5, 0.6) is 0 Å². The van der Waals surface area contributed by atoms with Gasteiger partial charge in [0, 0.05) is 6.42 Å². The molecule has 0 aromatic heterocycles. The number of alkyl halides is 1. The van der Waals surface area contributed by atoms with E-state index in [9.17, 15) is 17.6 Å². The van der Waals surface area contributed by atoms with Crippen molar-refractivity contribution in [3.05, 3.63) is 47.0 Å². The van der Waals surface area contributed by atoms with Crippen LogP contribution < -0.4 is 0 Å². The van der Waals surface area contributed by atoms with Crippen molar-refractivity contribution in [2.75, 3.05) is 6.86 Å². The Kier molecular flexibility index (Phi) is 9.33. The van der Waals surface area contributed by atoms with Gasteiger partial charge in [-0.05, 0) is 61.6 Å². The molecule has 2 aliphatic carbocycles. The van der Waals surface area contributed by atoms with Crippen LogP contribution in [-0.2, 0) is 4.74 Å². The minimum absolute atomic E-state index is 0.110. The van der Waals surface area contributed by atoms with Crippen molar-refractivity contribution in [2.45, 2.75) is 71.6 Å². The van der Waals surface area contributed by atoms with Crippen LogP contribution in [0.15, 0.2) is 24.0 Å². The van der Waals surface area contributed by atoms with E-state index in [1.807, 2.05) is 0 Å². The summed E-state index contributed by atoms with van der Waals surface area (Å²) >= 11 is 0. The van der Waals surface area contributed by atoms with Crippen molar-refractivity contribution in [1.82, 2.24) is 0 Å². The first-order valence-corrected chi connectivity index (χ1v) is 10.4. The van der Waals surface area contributed by atoms with E-state index < -0.39 is 24.3 Å². The van der Waals surface area contributed by atoms with Crippen molar-refractivity contribution in [2.24, 2.45) is 17.8 Å². The van der Waals surface area contributed by atoms with Gasteiger partial charge in [0.15, 0.2) is 17.5 Å². The lowest BCUT2D eigenvalue weighted by atomic mass is 9.78. The second-order valence-electron chi connectivity index (χ2n) is 8.26. The number of benzene rings is 1. The van der Waals surface area contributed by atoms with Crippen LogP contribution in [0.2, 0.25) is 0 Å². The molecule has 0 N–H and O–H groups in total. The molecule has 1 fully saturated rings. The molecule has 0 spiro atoms. The molecule has 5 heteroatoms. The van der Waals surface area contributed by atoms with E-state index >= 15 is 0 Å². The van der Waals surface area contributed by atoms with Crippen molar-refractivity contribution in [3.63, 3.8) is 0 Å². The van der Waals surface area contributed by atoms with Crippen LogP contribution in [0.3, 0.4) is 0 Å². The highest BCUT2D eigenvalue weighted by Crippen LogP contribution is 2.34. The lowest BCUT2D eigenvalue weighted by molar-refractivity contribution is 0.102. The molecule has 1 aromatic rings. The Balaban J connectivity index is 0.000000237. The van der Waals surface area contributed by atoms with Crippen LogP contribution in [0.25, 0.3) is 0 Å². The number of aryl methyl sites for hydroxylation is 1. The van der Waals surface area contributed by atoms with E-state index in [4.69, 9.17) is 4.74 Å². The third-order valence-electron chi connectivity index (χ3n) is 6.06. The van der Waals surface area contributed by atoms with E-state index in [0.717, 1.165) is 42.4 Å². The van der Waals surface area contributed by atoms with E-state index in [1.165, 1.54) is 57.9 Å². The molecule has 1 atom stereocenters. The summed E-state index contributed by atoms with van der Waals surface area (Å²) in [5, 5.41) is 0. The molecule has 0 amide bonds. The average molecular weight is 400 g/mol. The van der Waals surface area contributed by atoms with Gasteiger partial charge in [-0.3, -0.25) is 0 Å². The molecular weight excluding hydrogens is 368 g/mol. The molecule has 3 rings (SSSR count). The first kappa shape index (κ1) is 22.8. The normalized spacial score (nSPS) is 24.8. The second-order valence-corrected chi connectivity index (χ2v) is 8.26. The van der Waals surface area contributed by atoms with Gasteiger partial charge in [-0.1, -0.05) is 45.1 Å². The van der Waals surface area contributed by atoms with Gasteiger partial charge in [-0.2, -0.15) is 0 Å². The fraction of sp³-hybridized carbons (Fsp3) is 0.652. The zero-order chi connectivity index (χ0) is 20.5. The fourth-order valence-electron chi connectivity index (χ4n) is 4.04. The molecule has 0 bridgehead atoms. The zero-order valence-corrected chi connectivity index (χ0v) is 17.0. The number of allylic oxidation sites excluding steroid dienone is 2. The monoisotopic (exact) mass is 400 g/mol. The standard InChI is InChI=1S/C16H27FO.C7H5F3/c1-13-2-4-14(5-3-13)6-7-15-8-10-16(11-9-15)18-12-17;1-4-2-3-5(8)7(10)6(4)9/h10,13-15H,2-9,11-12H2,1H3;2-3H,1H3. The predicted molar refractivity (Wildman–Crippen MR) is 104 cm³/mol. The minimum Gasteiger partial charge on any atom is -0.468 e. The third kappa shape index (κ3) is 7.14. The maximum atomic E-state index is 12.4. The Bertz CT molecular complexity index is 609. The second kappa shape index (κ2) is 11.5. The Hall–Kier alpha value is -1.52. The number of hydrogen-bond acceptors (Lipinski definition) is 1. The summed E-state index contributed by atoms with van der Waals surface area (Å²) in [4.78, 5) is 0. The van der Waals surface area contributed by atoms with Gasteiger partial charge < -0.3 is 4.74 Å². The molecule has 2 aliphatic rings. The smallest absolute Gasteiger partial charge is 0.228 e. The molecule has 0 radical (unpaired) electrons. The van der Waals surface area contributed by atoms with Gasteiger partial charge in [0.1, 0.15) is 0 Å². The molecular formula is C23H32F4O. The number of rotatable bonds is 5. The van der Waals surface area contributed by atoms with Crippen molar-refractivity contribution in [3.8, 4) is 0 Å². The highest BCUT2D eigenvalue weighted by molar-refractivity contribution is 5.18. The first-order chi connectivity index (χ1) is 13.4. The van der Waals surface area contributed by atoms with Crippen LogP contribution in [0.1, 0.15) is 70.3 Å². The van der Waals surface area contributed by atoms with Crippen LogP contribution >= 0.6 is 0 Å². The molecule has 28 heavy (non-hydrogen) atoms. The number of ether oxygens (including phenoxy) is 1. The Morgan fingerprint density at radius 1 is 0.929 bits per heavy atom. The third-order valence-corrected chi connectivity index (χ3v) is 6.06. The van der Waals surface area contributed by atoms with E-state index in [0.29, 0.717) is 0 Å². The van der Waals surface area contributed by atoms with E-state index in [2.05, 4.69) is 13.0 Å². The van der Waals surface area contributed by atoms with E-state index in [-0.39, 0.29) is 5.56 Å². The number of halogens is 4. The van der Waals surface area contributed by atoms with Gasteiger partial charge >= 0.3 is 0 Å². The maximum absolute atomic E-state index is 12.4. The van der Waals surface area contributed by atoms with Crippen molar-refractivity contribution < 1.29 is 22.3 Å². The fourth-order valence-corrected chi connectivity index (χ4v) is 4.04. The summed E-state index contributed by atoms with van der Waals surface area (Å²) in [7, 11) is 0. The summed E-state index contributed by atoms with van der Waals surface area (Å²) in [6.07, 6.45) is 13.9. The van der Waals surface area contributed by atoms with Gasteiger partial charge in [0.05, 0.1) is 5.76 Å². The Morgan fingerprint density at radius 3 is 2.18 bits per heavy atom. The van der Waals surface area contributed by atoms with Gasteiger partial charge in [-0.25, -0.2) is 17.6 Å². The molecule has 158 valence electrons. The van der Waals surface area contributed by atoms with Gasteiger partial charge in [0.2, 0.25) is 6.86 Å². The van der Waals surface area contributed by atoms with Crippen LogP contribution in [0, 0.1) is 42.1 Å². The van der Waals surface area contributed by atoms with Crippen molar-refractivity contribution >= 4 is 0 Å². The summed E-state index contributed by atoms with van der Waals surface area (Å²) in [5.74, 6) is -0.0346. The highest BCUT2D eigenvalue weighted by Gasteiger charge is 2.21. The Labute approximate surface area is 166 Å². The van der Waals surface area contributed by atoms with Crippen molar-refractivity contribution in [1.29, 1.82) is 0 Å². The zero-order valence-electron chi connectivity index (χ0n) is 17.0.